The lowest BCUT2D eigenvalue weighted by Gasteiger charge is -2.36. The van der Waals surface area contributed by atoms with Crippen molar-refractivity contribution < 1.29 is 14.6 Å². The molecule has 1 aromatic carbocycles. The Morgan fingerprint density at radius 2 is 2.06 bits per heavy atom. The van der Waals surface area contributed by atoms with Gasteiger partial charge in [0.2, 0.25) is 0 Å². The van der Waals surface area contributed by atoms with Crippen molar-refractivity contribution in [2.75, 3.05) is 30.4 Å². The fraction of sp³-hybridized carbons (Fsp3) is 0.208. The molecule has 0 spiro atoms. The maximum absolute atomic E-state index is 13.2. The molecule has 8 heteroatoms. The number of β-amino-alcohol motifs (C(OH)–C–C–N with tert-alkyl or cyclic N) is 1. The molecular weight excluding hydrogens is 406 g/mol. The minimum atomic E-state index is -0.294. The topological polar surface area (TPSA) is 92.5 Å². The summed E-state index contributed by atoms with van der Waals surface area (Å²) in [6, 6.07) is 15.2. The van der Waals surface area contributed by atoms with Gasteiger partial charge in [-0.05, 0) is 42.0 Å². The predicted octanol–water partition coefficient (Wildman–Crippen LogP) is 2.92. The van der Waals surface area contributed by atoms with Crippen LogP contribution in [0.25, 0.3) is 10.9 Å². The van der Waals surface area contributed by atoms with Crippen LogP contribution in [0.3, 0.4) is 0 Å². The van der Waals surface area contributed by atoms with E-state index in [-0.39, 0.29) is 12.0 Å². The standard InChI is InChI=1S/C24H23N5O3/c1-32-20-4-2-3-16(9-20)13-29-21(10-17-7-8-25-12-22(17)29)24(31)27-18-5-6-23(26-11-18)28-14-19(30)15-28/h2-12,19,30H,13-15H2,1H3,(H,27,31). The van der Waals surface area contributed by atoms with Gasteiger partial charge in [-0.1, -0.05) is 12.1 Å². The average molecular weight is 429 g/mol. The molecule has 1 aliphatic heterocycles. The number of methoxy groups -OCH3 is 1. The molecule has 0 unspecified atom stereocenters. The number of fused-ring (bicyclic) bond motifs is 1. The molecule has 0 saturated carbocycles. The number of rotatable bonds is 6. The lowest BCUT2D eigenvalue weighted by atomic mass is 10.2. The zero-order chi connectivity index (χ0) is 22.1. The molecule has 1 fully saturated rings. The molecular formula is C24H23N5O3. The molecule has 32 heavy (non-hydrogen) atoms. The van der Waals surface area contributed by atoms with Gasteiger partial charge in [-0.3, -0.25) is 9.78 Å². The second-order valence-electron chi connectivity index (χ2n) is 7.82. The molecule has 8 nitrogen and oxygen atoms in total. The third-order valence-electron chi connectivity index (χ3n) is 5.61. The summed E-state index contributed by atoms with van der Waals surface area (Å²) in [6.45, 7) is 1.66. The summed E-state index contributed by atoms with van der Waals surface area (Å²) in [5.74, 6) is 1.33. The van der Waals surface area contributed by atoms with Gasteiger partial charge in [-0.15, -0.1) is 0 Å². The molecule has 0 bridgehead atoms. The van der Waals surface area contributed by atoms with E-state index in [1.807, 2.05) is 58.0 Å². The minimum Gasteiger partial charge on any atom is -0.497 e. The van der Waals surface area contributed by atoms with Gasteiger partial charge in [0.1, 0.15) is 17.3 Å². The van der Waals surface area contributed by atoms with Crippen LogP contribution in [0.5, 0.6) is 5.75 Å². The van der Waals surface area contributed by atoms with Crippen molar-refractivity contribution in [1.29, 1.82) is 0 Å². The highest BCUT2D eigenvalue weighted by atomic mass is 16.5. The van der Waals surface area contributed by atoms with E-state index in [4.69, 9.17) is 4.74 Å². The smallest absolute Gasteiger partial charge is 0.272 e. The van der Waals surface area contributed by atoms with Crippen LogP contribution in [0.15, 0.2) is 67.1 Å². The van der Waals surface area contributed by atoms with Crippen molar-refractivity contribution >= 4 is 28.3 Å². The molecule has 2 N–H and O–H groups in total. The van der Waals surface area contributed by atoms with Crippen molar-refractivity contribution in [2.24, 2.45) is 0 Å². The van der Waals surface area contributed by atoms with Crippen LogP contribution in [-0.2, 0) is 6.54 Å². The Hall–Kier alpha value is -3.91. The molecule has 0 aliphatic carbocycles. The van der Waals surface area contributed by atoms with Gasteiger partial charge in [0.25, 0.3) is 5.91 Å². The number of aliphatic hydroxyl groups is 1. The van der Waals surface area contributed by atoms with E-state index >= 15 is 0 Å². The Morgan fingerprint density at radius 1 is 1.19 bits per heavy atom. The van der Waals surface area contributed by atoms with E-state index in [2.05, 4.69) is 15.3 Å². The first-order chi connectivity index (χ1) is 15.6. The number of nitrogens with one attached hydrogen (secondary N) is 1. The SMILES string of the molecule is COc1cccc(Cn2c(C(=O)Nc3ccc(N4CC(O)C4)nc3)cc3ccncc32)c1. The number of aromatic nitrogens is 3. The molecule has 0 atom stereocenters. The molecule has 162 valence electrons. The number of amides is 1. The summed E-state index contributed by atoms with van der Waals surface area (Å²) >= 11 is 0. The number of anilines is 2. The maximum atomic E-state index is 13.2. The highest BCUT2D eigenvalue weighted by molar-refractivity contribution is 6.06. The third kappa shape index (κ3) is 3.88. The van der Waals surface area contributed by atoms with E-state index < -0.39 is 0 Å². The quantitative estimate of drug-likeness (QED) is 0.490. The number of hydrogen-bond donors (Lipinski definition) is 2. The van der Waals surface area contributed by atoms with Crippen molar-refractivity contribution in [1.82, 2.24) is 14.5 Å². The highest BCUT2D eigenvalue weighted by Crippen LogP contribution is 2.24. The zero-order valence-corrected chi connectivity index (χ0v) is 17.6. The lowest BCUT2D eigenvalue weighted by molar-refractivity contribution is 0.101. The van der Waals surface area contributed by atoms with Crippen LogP contribution in [0.2, 0.25) is 0 Å². The molecule has 0 radical (unpaired) electrons. The molecule has 5 rings (SSSR count). The van der Waals surface area contributed by atoms with Crippen LogP contribution < -0.4 is 15.0 Å². The van der Waals surface area contributed by atoms with Gasteiger partial charge in [0.15, 0.2) is 0 Å². The summed E-state index contributed by atoms with van der Waals surface area (Å²) in [7, 11) is 1.64. The first kappa shape index (κ1) is 20.0. The first-order valence-corrected chi connectivity index (χ1v) is 10.4. The number of carbonyl (C=O) groups is 1. The lowest BCUT2D eigenvalue weighted by Crippen LogP contribution is -2.51. The molecule has 1 aliphatic rings. The number of benzene rings is 1. The fourth-order valence-corrected chi connectivity index (χ4v) is 3.90. The largest absolute Gasteiger partial charge is 0.497 e. The van der Waals surface area contributed by atoms with Crippen LogP contribution >= 0.6 is 0 Å². The van der Waals surface area contributed by atoms with Gasteiger partial charge in [0, 0.05) is 31.2 Å². The van der Waals surface area contributed by atoms with Gasteiger partial charge in [-0.2, -0.15) is 0 Å². The van der Waals surface area contributed by atoms with E-state index in [1.165, 1.54) is 0 Å². The van der Waals surface area contributed by atoms with Crippen molar-refractivity contribution in [2.45, 2.75) is 12.6 Å². The number of hydrogen-bond acceptors (Lipinski definition) is 6. The molecule has 1 saturated heterocycles. The number of aliphatic hydroxyl groups excluding tert-OH is 1. The van der Waals surface area contributed by atoms with E-state index in [0.717, 1.165) is 28.0 Å². The van der Waals surface area contributed by atoms with E-state index in [0.29, 0.717) is 31.0 Å². The number of ether oxygens (including phenoxy) is 1. The Kier molecular flexibility index (Phi) is 5.20. The highest BCUT2D eigenvalue weighted by Gasteiger charge is 2.25. The van der Waals surface area contributed by atoms with Crippen LogP contribution in [-0.4, -0.2) is 51.9 Å². The summed E-state index contributed by atoms with van der Waals surface area (Å²) in [4.78, 5) is 23.8. The van der Waals surface area contributed by atoms with Crippen LogP contribution in [0, 0.1) is 0 Å². The summed E-state index contributed by atoms with van der Waals surface area (Å²) in [6.07, 6.45) is 4.82. The van der Waals surface area contributed by atoms with Crippen LogP contribution in [0.4, 0.5) is 11.5 Å². The molecule has 3 aromatic heterocycles. The number of pyridine rings is 2. The zero-order valence-electron chi connectivity index (χ0n) is 17.6. The van der Waals surface area contributed by atoms with E-state index in [1.54, 1.807) is 25.7 Å². The van der Waals surface area contributed by atoms with Gasteiger partial charge < -0.3 is 24.6 Å². The third-order valence-corrected chi connectivity index (χ3v) is 5.61. The summed E-state index contributed by atoms with van der Waals surface area (Å²) < 4.78 is 7.29. The van der Waals surface area contributed by atoms with Crippen molar-refractivity contribution in [3.8, 4) is 5.75 Å². The van der Waals surface area contributed by atoms with Crippen LogP contribution in [0.1, 0.15) is 16.1 Å². The monoisotopic (exact) mass is 429 g/mol. The molecule has 4 heterocycles. The second-order valence-corrected chi connectivity index (χ2v) is 7.82. The predicted molar refractivity (Wildman–Crippen MR) is 122 cm³/mol. The first-order valence-electron chi connectivity index (χ1n) is 10.4. The van der Waals surface area contributed by atoms with Gasteiger partial charge in [-0.25, -0.2) is 4.98 Å². The van der Waals surface area contributed by atoms with E-state index in [9.17, 15) is 9.90 Å². The fourth-order valence-electron chi connectivity index (χ4n) is 3.90. The Morgan fingerprint density at radius 3 is 2.81 bits per heavy atom. The molecule has 4 aromatic rings. The number of nitrogens with zero attached hydrogens (tertiary/aromatic N) is 4. The Balaban J connectivity index is 1.41. The maximum Gasteiger partial charge on any atom is 0.272 e. The van der Waals surface area contributed by atoms with Crippen molar-refractivity contribution in [3.63, 3.8) is 0 Å². The summed E-state index contributed by atoms with van der Waals surface area (Å²) in [5, 5.41) is 13.3. The Labute approximate surface area is 185 Å². The van der Waals surface area contributed by atoms with Gasteiger partial charge in [0.05, 0.1) is 36.8 Å². The normalized spacial score (nSPS) is 13.8. The average Bonchev–Trinajstić information content (AvgIpc) is 3.16. The minimum absolute atomic E-state index is 0.224. The second kappa shape index (κ2) is 8.32. The molecule has 1 amide bonds. The Bertz CT molecular complexity index is 1260. The van der Waals surface area contributed by atoms with Crippen molar-refractivity contribution in [3.05, 3.63) is 78.4 Å². The van der Waals surface area contributed by atoms with Gasteiger partial charge >= 0.3 is 0 Å². The number of carbonyl (C=O) groups excluding carboxylic acids is 1. The summed E-state index contributed by atoms with van der Waals surface area (Å²) in [5.41, 5.74) is 3.04.